The van der Waals surface area contributed by atoms with Gasteiger partial charge in [0.1, 0.15) is 11.9 Å². The number of allylic oxidation sites excluding steroid dienone is 1. The second-order valence-electron chi connectivity index (χ2n) is 23.9. The number of carbonyl (C=O) groups is 7. The second-order valence-corrected chi connectivity index (χ2v) is 23.9. The predicted molar refractivity (Wildman–Crippen MR) is 347 cm³/mol. The summed E-state index contributed by atoms with van der Waals surface area (Å²) in [5.74, 6) is 0.538. The number of halogens is 1. The van der Waals surface area contributed by atoms with Crippen molar-refractivity contribution < 1.29 is 42.7 Å². The summed E-state index contributed by atoms with van der Waals surface area (Å²) < 4.78 is 19.9. The van der Waals surface area contributed by atoms with Crippen LogP contribution in [0.5, 0.6) is 0 Å². The van der Waals surface area contributed by atoms with Crippen LogP contribution in [0.4, 0.5) is 4.39 Å². The average molecular weight is 1240 g/mol. The summed E-state index contributed by atoms with van der Waals surface area (Å²) in [6, 6.07) is 12.3. The van der Waals surface area contributed by atoms with Crippen LogP contribution in [0.1, 0.15) is 177 Å². The first-order valence-electron chi connectivity index (χ1n) is 33.0. The van der Waals surface area contributed by atoms with E-state index in [1.165, 1.54) is 32.3 Å². The highest BCUT2D eigenvalue weighted by molar-refractivity contribution is 5.98. The van der Waals surface area contributed by atoms with Crippen LogP contribution in [0.25, 0.3) is 12.2 Å². The molecule has 20 heteroatoms. The van der Waals surface area contributed by atoms with Gasteiger partial charge in [0, 0.05) is 120 Å². The van der Waals surface area contributed by atoms with Crippen molar-refractivity contribution in [1.82, 2.24) is 50.6 Å². The van der Waals surface area contributed by atoms with Crippen molar-refractivity contribution in [2.75, 3.05) is 85.1 Å². The molecule has 490 valence electrons. The number of aromatic nitrogens is 2. The average Bonchev–Trinajstić information content (AvgIpc) is 2.69. The van der Waals surface area contributed by atoms with E-state index in [9.17, 15) is 42.7 Å². The minimum absolute atomic E-state index is 0.0342. The molecule has 0 radical (unpaired) electrons. The molecule has 6 fully saturated rings. The zero-order valence-corrected chi connectivity index (χ0v) is 54.3. The van der Waals surface area contributed by atoms with Crippen LogP contribution in [-0.2, 0) is 39.9 Å². The Bertz CT molecular complexity index is 2920. The number of likely N-dealkylation sites (tertiary alicyclic amines) is 3. The summed E-state index contributed by atoms with van der Waals surface area (Å²) in [4.78, 5) is 106. The second kappa shape index (κ2) is 39.2. The molecule has 0 bridgehead atoms. The topological polar surface area (TPSA) is 227 Å². The molecule has 4 aliphatic heterocycles. The van der Waals surface area contributed by atoms with Crippen molar-refractivity contribution in [3.05, 3.63) is 110 Å². The number of piperazine rings is 1. The quantitative estimate of drug-likeness (QED) is 0.0746. The molecule has 3 aromatic rings. The van der Waals surface area contributed by atoms with Gasteiger partial charge < -0.3 is 40.3 Å². The molecule has 4 N–H and O–H groups in total. The molecule has 89 heavy (non-hydrogen) atoms. The van der Waals surface area contributed by atoms with E-state index < -0.39 is 6.04 Å². The number of rotatable bonds is 19. The number of piperidine rings is 3. The van der Waals surface area contributed by atoms with Crippen molar-refractivity contribution in [3.8, 4) is 0 Å². The molecule has 6 aliphatic rings. The third kappa shape index (κ3) is 23.7. The van der Waals surface area contributed by atoms with Crippen LogP contribution >= 0.6 is 0 Å². The minimum atomic E-state index is -0.536. The third-order valence-electron chi connectivity index (χ3n) is 17.3. The zero-order valence-electron chi connectivity index (χ0n) is 54.3. The number of hydrogen-bond donors (Lipinski definition) is 4. The molecule has 19 nitrogen and oxygen atoms in total. The van der Waals surface area contributed by atoms with Crippen LogP contribution in [0.15, 0.2) is 59.9 Å². The molecule has 2 unspecified atom stereocenters. The van der Waals surface area contributed by atoms with Gasteiger partial charge in [0.25, 0.3) is 11.5 Å². The van der Waals surface area contributed by atoms with Crippen LogP contribution < -0.4 is 31.9 Å². The summed E-state index contributed by atoms with van der Waals surface area (Å²) in [6.45, 7) is 25.2. The lowest BCUT2D eigenvalue weighted by Crippen LogP contribution is -2.55. The van der Waals surface area contributed by atoms with Gasteiger partial charge in [-0.2, -0.15) is 5.10 Å². The van der Waals surface area contributed by atoms with Gasteiger partial charge in [-0.3, -0.25) is 43.3 Å². The summed E-state index contributed by atoms with van der Waals surface area (Å²) in [5, 5.41) is 16.1. The Labute approximate surface area is 527 Å². The number of aryl methyl sites for hydroxylation is 1. The van der Waals surface area contributed by atoms with E-state index in [0.717, 1.165) is 125 Å². The van der Waals surface area contributed by atoms with E-state index in [-0.39, 0.29) is 65.0 Å². The number of nitrogens with one attached hydrogen (secondary N) is 4. The number of amides is 7. The molecule has 1 aromatic heterocycles. The number of H-pyrrole nitrogens is 1. The lowest BCUT2D eigenvalue weighted by molar-refractivity contribution is -0.140. The SMILES string of the molecule is C=C/C=c1/c(Cc2ccc(F)c(C)c2)n[nH]c(=O)/c1=C/C.CC.CC(=O)NCCNC=O.CCCC.O=CN1CCN(C(=O)CN2CCC(OC3CCN(C(=O)C(NC(=O)c4cccc(C5CCCN(C(=O)C6CC6)C5)c4)C4CCCCC4)CC3)CC2)CC1. The van der Waals surface area contributed by atoms with Gasteiger partial charge in [0.15, 0.2) is 0 Å². The lowest BCUT2D eigenvalue weighted by Gasteiger charge is -2.39. The third-order valence-corrected chi connectivity index (χ3v) is 17.3. The van der Waals surface area contributed by atoms with Crippen molar-refractivity contribution in [2.24, 2.45) is 11.8 Å². The van der Waals surface area contributed by atoms with Crippen molar-refractivity contribution in [1.29, 1.82) is 0 Å². The number of hydrogen-bond acceptors (Lipinski definition) is 11. The minimum Gasteiger partial charge on any atom is -0.375 e. The fourth-order valence-electron chi connectivity index (χ4n) is 11.9. The van der Waals surface area contributed by atoms with Crippen molar-refractivity contribution in [2.45, 2.75) is 175 Å². The molecule has 5 heterocycles. The normalized spacial score (nSPS) is 19.0. The van der Waals surface area contributed by atoms with E-state index in [1.54, 1.807) is 49.1 Å². The number of ether oxygens (including phenoxy) is 1. The summed E-state index contributed by atoms with van der Waals surface area (Å²) >= 11 is 0. The molecule has 2 aromatic carbocycles. The highest BCUT2D eigenvalue weighted by Crippen LogP contribution is 2.35. The van der Waals surface area contributed by atoms with E-state index >= 15 is 0 Å². The van der Waals surface area contributed by atoms with Crippen LogP contribution in [-0.4, -0.2) is 180 Å². The first-order valence-corrected chi connectivity index (χ1v) is 33.0. The number of nitrogens with zero attached hydrogens (tertiary/aromatic N) is 6. The predicted octanol–water partition coefficient (Wildman–Crippen LogP) is 6.53. The maximum absolute atomic E-state index is 14.2. The fraction of sp³-hybridized carbons (Fsp3) is 0.609. The van der Waals surface area contributed by atoms with E-state index in [4.69, 9.17) is 4.74 Å². The smallest absolute Gasteiger partial charge is 0.271 e. The Hall–Kier alpha value is -7.06. The fourth-order valence-corrected chi connectivity index (χ4v) is 11.9. The first-order chi connectivity index (χ1) is 43.1. The molecule has 0 spiro atoms. The standard InChI is InChI=1S/C41H60N6O6.C17H17FN2O.C5H10N2O2.C4H10.C2H6/c48-29-44-22-24-45(25-23-44)37(49)28-43-18-13-35(14-19-43)53-36-15-20-46(21-16-36)41(52)38(30-6-2-1-3-7-30)42-39(50)33-9-4-8-32(26-33)34-10-5-17-47(27-34)40(51)31-11-12-31;1-4-6-14-13(5-2)17(21)20-19-16(14)10-12-7-8-15(18)11(3)9-12;1-5(9)7-3-2-6-4-8;1-3-4-2;1-2/h4,8-9,26,29-31,34-36,38H,1-3,5-7,10-25,27-28H2,(H,42,50);4-9H,1,10H2,2-3H3,(H,20,21);4H,2-3H2,1H3,(H,6,8)(H,7,9);3-4H2,1-2H3;1-2H3/b;13-5+,14-6+;;;. The Kier molecular flexibility index (Phi) is 32.0. The molecular formula is C69H103FN10O9. The Balaban J connectivity index is 0.000000327. The molecule has 2 atom stereocenters. The van der Waals surface area contributed by atoms with Crippen LogP contribution in [0.2, 0.25) is 0 Å². The highest BCUT2D eigenvalue weighted by Gasteiger charge is 2.38. The maximum Gasteiger partial charge on any atom is 0.271 e. The monoisotopic (exact) mass is 1230 g/mol. The van der Waals surface area contributed by atoms with E-state index in [2.05, 4.69) is 57.5 Å². The molecule has 9 rings (SSSR count). The van der Waals surface area contributed by atoms with Crippen LogP contribution in [0, 0.1) is 24.6 Å². The summed E-state index contributed by atoms with van der Waals surface area (Å²) in [5.41, 5.74) is 3.71. The van der Waals surface area contributed by atoms with Gasteiger partial charge >= 0.3 is 0 Å². The lowest BCUT2D eigenvalue weighted by atomic mass is 9.83. The summed E-state index contributed by atoms with van der Waals surface area (Å²) in [6.07, 6.45) is 22.6. The Morgan fingerprint density at radius 3 is 2.06 bits per heavy atom. The van der Waals surface area contributed by atoms with E-state index in [0.29, 0.717) is 101 Å². The van der Waals surface area contributed by atoms with Crippen molar-refractivity contribution in [3.63, 3.8) is 0 Å². The van der Waals surface area contributed by atoms with Crippen molar-refractivity contribution >= 4 is 54.5 Å². The van der Waals surface area contributed by atoms with Gasteiger partial charge in [0.05, 0.1) is 24.4 Å². The number of benzene rings is 2. The molecule has 2 aliphatic carbocycles. The Morgan fingerprint density at radius 2 is 1.46 bits per heavy atom. The molecule has 7 amide bonds. The van der Waals surface area contributed by atoms with Crippen LogP contribution in [0.3, 0.4) is 0 Å². The molecule has 2 saturated carbocycles. The highest BCUT2D eigenvalue weighted by atomic mass is 19.1. The molecule has 4 saturated heterocycles. The van der Waals surface area contributed by atoms with Gasteiger partial charge in [-0.05, 0) is 119 Å². The van der Waals surface area contributed by atoms with Gasteiger partial charge in [0.2, 0.25) is 36.4 Å². The molecular weight excluding hydrogens is 1130 g/mol. The first kappa shape index (κ1) is 72.7. The zero-order chi connectivity index (χ0) is 64.7. The summed E-state index contributed by atoms with van der Waals surface area (Å²) in [7, 11) is 0. The largest absolute Gasteiger partial charge is 0.375 e. The van der Waals surface area contributed by atoms with Gasteiger partial charge in [-0.15, -0.1) is 0 Å². The number of aromatic amines is 1. The number of unbranched alkanes of at least 4 members (excludes halogenated alkanes) is 1. The van der Waals surface area contributed by atoms with E-state index in [1.807, 2.05) is 46.7 Å². The van der Waals surface area contributed by atoms with Gasteiger partial charge in [-0.1, -0.05) is 109 Å². The Morgan fingerprint density at radius 1 is 0.787 bits per heavy atom. The maximum atomic E-state index is 14.2. The van der Waals surface area contributed by atoms with Gasteiger partial charge in [-0.25, -0.2) is 9.49 Å². The number of carbonyl (C=O) groups excluding carboxylic acids is 7.